The number of nitrogens with zero attached hydrogens (tertiary/aromatic N) is 1. The Kier molecular flexibility index (Phi) is 4.37. The van der Waals surface area contributed by atoms with Gasteiger partial charge in [-0.2, -0.15) is 0 Å². The third-order valence-electron chi connectivity index (χ3n) is 4.08. The lowest BCUT2D eigenvalue weighted by Gasteiger charge is -2.18. The van der Waals surface area contributed by atoms with Crippen molar-refractivity contribution in [3.05, 3.63) is 66.0 Å². The van der Waals surface area contributed by atoms with Crippen LogP contribution in [-0.2, 0) is 0 Å². The van der Waals surface area contributed by atoms with Gasteiger partial charge in [-0.3, -0.25) is 4.79 Å². The van der Waals surface area contributed by atoms with Gasteiger partial charge in [0.2, 0.25) is 0 Å². The van der Waals surface area contributed by atoms with Gasteiger partial charge in [-0.05, 0) is 36.6 Å². The maximum atomic E-state index is 13.6. The molecular weight excluding hydrogens is 279 g/mol. The highest BCUT2D eigenvalue weighted by Crippen LogP contribution is 2.23. The smallest absolute Gasteiger partial charge is 0.254 e. The van der Waals surface area contributed by atoms with Gasteiger partial charge in [0.25, 0.3) is 5.91 Å². The van der Waals surface area contributed by atoms with E-state index in [4.69, 9.17) is 0 Å². The number of rotatable bonds is 4. The van der Waals surface area contributed by atoms with E-state index in [9.17, 15) is 9.18 Å². The maximum absolute atomic E-state index is 13.6. The minimum absolute atomic E-state index is 0.111. The summed E-state index contributed by atoms with van der Waals surface area (Å²) < 4.78 is 13.6. The molecule has 4 heteroatoms. The lowest BCUT2D eigenvalue weighted by atomic mass is 10.1. The van der Waals surface area contributed by atoms with E-state index in [2.05, 4.69) is 22.3 Å². The number of anilines is 1. The molecule has 1 N–H and O–H groups in total. The fraction of sp³-hybridized carbons (Fsp3) is 0.278. The first-order chi connectivity index (χ1) is 10.7. The molecule has 0 unspecified atom stereocenters. The Hall–Kier alpha value is -2.36. The van der Waals surface area contributed by atoms with Gasteiger partial charge in [0, 0.05) is 25.3 Å². The molecule has 3 nitrogen and oxygen atoms in total. The van der Waals surface area contributed by atoms with Gasteiger partial charge < -0.3 is 10.2 Å². The molecule has 0 aromatic heterocycles. The summed E-state index contributed by atoms with van der Waals surface area (Å²) in [6.45, 7) is 2.49. The Labute approximate surface area is 129 Å². The molecule has 1 saturated heterocycles. The van der Waals surface area contributed by atoms with Gasteiger partial charge in [0.05, 0.1) is 5.56 Å². The average molecular weight is 298 g/mol. The molecule has 22 heavy (non-hydrogen) atoms. The summed E-state index contributed by atoms with van der Waals surface area (Å²) in [6.07, 6.45) is 1.03. The summed E-state index contributed by atoms with van der Waals surface area (Å²) in [5.41, 5.74) is 1.32. The molecule has 1 aliphatic rings. The zero-order chi connectivity index (χ0) is 15.4. The van der Waals surface area contributed by atoms with Crippen LogP contribution >= 0.6 is 0 Å². The van der Waals surface area contributed by atoms with Crippen LogP contribution in [-0.4, -0.2) is 25.5 Å². The Morgan fingerprint density at radius 1 is 1.14 bits per heavy atom. The van der Waals surface area contributed by atoms with Crippen LogP contribution in [0.2, 0.25) is 0 Å². The third-order valence-corrected chi connectivity index (χ3v) is 4.08. The van der Waals surface area contributed by atoms with Gasteiger partial charge in [-0.15, -0.1) is 0 Å². The monoisotopic (exact) mass is 298 g/mol. The summed E-state index contributed by atoms with van der Waals surface area (Å²) >= 11 is 0. The highest BCUT2D eigenvalue weighted by atomic mass is 19.1. The fourth-order valence-corrected chi connectivity index (χ4v) is 2.85. The first kappa shape index (κ1) is 14.6. The Balaban J connectivity index is 1.53. The molecule has 1 heterocycles. The number of carbonyl (C=O) groups is 1. The molecule has 1 fully saturated rings. The highest BCUT2D eigenvalue weighted by molar-refractivity contribution is 5.94. The molecule has 2 aromatic rings. The summed E-state index contributed by atoms with van der Waals surface area (Å²) in [4.78, 5) is 14.3. The molecule has 0 radical (unpaired) electrons. The molecule has 0 aliphatic carbocycles. The largest absolute Gasteiger partial charge is 0.371 e. The molecule has 114 valence electrons. The molecule has 1 atom stereocenters. The zero-order valence-corrected chi connectivity index (χ0v) is 12.3. The van der Waals surface area contributed by atoms with Crippen LogP contribution in [0, 0.1) is 11.7 Å². The third kappa shape index (κ3) is 3.27. The lowest BCUT2D eigenvalue weighted by Crippen LogP contribution is -2.31. The Morgan fingerprint density at radius 3 is 2.64 bits per heavy atom. The molecule has 0 spiro atoms. The molecular formula is C18H19FN2O. The van der Waals surface area contributed by atoms with Crippen LogP contribution < -0.4 is 10.2 Å². The van der Waals surface area contributed by atoms with Crippen molar-refractivity contribution in [2.24, 2.45) is 5.92 Å². The number of carbonyl (C=O) groups excluding carboxylic acids is 1. The topological polar surface area (TPSA) is 32.3 Å². The van der Waals surface area contributed by atoms with Crippen molar-refractivity contribution in [3.8, 4) is 0 Å². The van der Waals surface area contributed by atoms with Gasteiger partial charge >= 0.3 is 0 Å². The van der Waals surface area contributed by atoms with Crippen molar-refractivity contribution in [1.29, 1.82) is 0 Å². The van der Waals surface area contributed by atoms with E-state index in [-0.39, 0.29) is 11.5 Å². The van der Waals surface area contributed by atoms with E-state index in [1.165, 1.54) is 17.8 Å². The first-order valence-electron chi connectivity index (χ1n) is 7.57. The quantitative estimate of drug-likeness (QED) is 0.941. The Bertz CT molecular complexity index is 645. The number of halogens is 1. The Morgan fingerprint density at radius 2 is 1.86 bits per heavy atom. The van der Waals surface area contributed by atoms with Crippen LogP contribution in [0.4, 0.5) is 10.1 Å². The number of hydrogen-bond donors (Lipinski definition) is 1. The minimum Gasteiger partial charge on any atom is -0.371 e. The molecule has 1 amide bonds. The van der Waals surface area contributed by atoms with Crippen molar-refractivity contribution in [2.75, 3.05) is 24.5 Å². The fourth-order valence-electron chi connectivity index (χ4n) is 2.85. The van der Waals surface area contributed by atoms with Crippen molar-refractivity contribution in [2.45, 2.75) is 6.42 Å². The van der Waals surface area contributed by atoms with Crippen LogP contribution in [0.1, 0.15) is 16.8 Å². The minimum atomic E-state index is -0.475. The summed E-state index contributed by atoms with van der Waals surface area (Å²) in [6, 6.07) is 16.3. The summed E-state index contributed by atoms with van der Waals surface area (Å²) in [5.74, 6) is -0.412. The lowest BCUT2D eigenvalue weighted by molar-refractivity contribution is 0.0944. The molecule has 3 rings (SSSR count). The van der Waals surface area contributed by atoms with Crippen molar-refractivity contribution < 1.29 is 9.18 Å². The van der Waals surface area contributed by atoms with Crippen LogP contribution in [0.15, 0.2) is 54.6 Å². The second kappa shape index (κ2) is 6.60. The van der Waals surface area contributed by atoms with Gasteiger partial charge in [0.15, 0.2) is 0 Å². The van der Waals surface area contributed by atoms with Crippen LogP contribution in [0.3, 0.4) is 0 Å². The maximum Gasteiger partial charge on any atom is 0.254 e. The normalized spacial score (nSPS) is 17.5. The zero-order valence-electron chi connectivity index (χ0n) is 12.3. The highest BCUT2D eigenvalue weighted by Gasteiger charge is 2.23. The molecule has 1 aliphatic heterocycles. The number of hydrogen-bond acceptors (Lipinski definition) is 2. The van der Waals surface area contributed by atoms with E-state index in [1.807, 2.05) is 18.2 Å². The number of nitrogens with one attached hydrogen (secondary N) is 1. The van der Waals surface area contributed by atoms with Crippen LogP contribution in [0.5, 0.6) is 0 Å². The van der Waals surface area contributed by atoms with Crippen molar-refractivity contribution in [3.63, 3.8) is 0 Å². The molecule has 2 aromatic carbocycles. The van der Waals surface area contributed by atoms with Gasteiger partial charge in [-0.25, -0.2) is 4.39 Å². The molecule has 0 bridgehead atoms. The van der Waals surface area contributed by atoms with E-state index in [0.717, 1.165) is 19.5 Å². The van der Waals surface area contributed by atoms with E-state index >= 15 is 0 Å². The van der Waals surface area contributed by atoms with E-state index < -0.39 is 5.82 Å². The van der Waals surface area contributed by atoms with Crippen molar-refractivity contribution >= 4 is 11.6 Å². The molecule has 0 saturated carbocycles. The number of para-hydroxylation sites is 1. The van der Waals surface area contributed by atoms with E-state index in [0.29, 0.717) is 12.5 Å². The van der Waals surface area contributed by atoms with Gasteiger partial charge in [0.1, 0.15) is 5.82 Å². The van der Waals surface area contributed by atoms with E-state index in [1.54, 1.807) is 12.1 Å². The van der Waals surface area contributed by atoms with Crippen LogP contribution in [0.25, 0.3) is 0 Å². The predicted molar refractivity (Wildman–Crippen MR) is 85.5 cm³/mol. The second-order valence-electron chi connectivity index (χ2n) is 5.63. The number of benzene rings is 2. The van der Waals surface area contributed by atoms with Crippen molar-refractivity contribution in [1.82, 2.24) is 5.32 Å². The summed E-state index contributed by atoms with van der Waals surface area (Å²) in [5, 5.41) is 2.85. The second-order valence-corrected chi connectivity index (χ2v) is 5.63. The summed E-state index contributed by atoms with van der Waals surface area (Å²) in [7, 11) is 0. The SMILES string of the molecule is O=C(NC[C@H]1CCN(c2ccccc2)C1)c1ccccc1F. The van der Waals surface area contributed by atoms with Gasteiger partial charge in [-0.1, -0.05) is 30.3 Å². The first-order valence-corrected chi connectivity index (χ1v) is 7.57. The predicted octanol–water partition coefficient (Wildman–Crippen LogP) is 3.08. The average Bonchev–Trinajstić information content (AvgIpc) is 3.03. The number of amides is 1. The standard InChI is InChI=1S/C18H19FN2O/c19-17-9-5-4-8-16(17)18(22)20-12-14-10-11-21(13-14)15-6-2-1-3-7-15/h1-9,14H,10-13H2,(H,20,22)/t14-/m1/s1.